The first-order valence-corrected chi connectivity index (χ1v) is 16.5. The molecule has 5 rings (SSSR count). The molecule has 0 saturated carbocycles. The SMILES string of the molecule is COc1cccc(CNC[C@@H](O)[C@H](Cc2ccccc2)NC(=O)c2cccc(C(=O)N(Cc3ccccc3)Cc3nc(C)cs3)c2)c1. The fraction of sp³-hybridized carbons (Fsp3) is 0.237. The number of carbonyl (C=O) groups excluding carboxylic acids is 2. The summed E-state index contributed by atoms with van der Waals surface area (Å²) in [6, 6.07) is 33.5. The number of aromatic nitrogens is 1. The van der Waals surface area contributed by atoms with E-state index < -0.39 is 12.1 Å². The van der Waals surface area contributed by atoms with Gasteiger partial charge < -0.3 is 25.4 Å². The molecule has 9 heteroatoms. The van der Waals surface area contributed by atoms with E-state index in [0.29, 0.717) is 37.2 Å². The molecule has 0 saturated heterocycles. The predicted molar refractivity (Wildman–Crippen MR) is 185 cm³/mol. The highest BCUT2D eigenvalue weighted by atomic mass is 32.1. The molecule has 1 aromatic heterocycles. The van der Waals surface area contributed by atoms with Crippen LogP contribution in [0.2, 0.25) is 0 Å². The Bertz CT molecular complexity index is 1750. The third-order valence-corrected chi connectivity index (χ3v) is 8.72. The van der Waals surface area contributed by atoms with Crippen molar-refractivity contribution in [3.8, 4) is 5.75 Å². The molecule has 0 radical (unpaired) electrons. The molecular formula is C38H40N4O4S. The van der Waals surface area contributed by atoms with E-state index in [2.05, 4.69) is 15.6 Å². The first kappa shape index (κ1) is 33.5. The van der Waals surface area contributed by atoms with Gasteiger partial charge in [-0.3, -0.25) is 9.59 Å². The number of hydrogen-bond donors (Lipinski definition) is 3. The van der Waals surface area contributed by atoms with Crippen LogP contribution >= 0.6 is 11.3 Å². The minimum Gasteiger partial charge on any atom is -0.497 e. The van der Waals surface area contributed by atoms with Crippen LogP contribution in [0.5, 0.6) is 5.75 Å². The van der Waals surface area contributed by atoms with E-state index in [4.69, 9.17) is 4.74 Å². The van der Waals surface area contributed by atoms with Gasteiger partial charge in [-0.25, -0.2) is 4.98 Å². The molecule has 0 aliphatic carbocycles. The molecule has 242 valence electrons. The molecule has 2 atom stereocenters. The third kappa shape index (κ3) is 9.83. The number of aliphatic hydroxyl groups is 1. The summed E-state index contributed by atoms with van der Waals surface area (Å²) in [7, 11) is 1.63. The molecule has 0 aliphatic heterocycles. The Morgan fingerprint density at radius 2 is 1.53 bits per heavy atom. The lowest BCUT2D eigenvalue weighted by Crippen LogP contribution is -2.48. The van der Waals surface area contributed by atoms with E-state index in [1.807, 2.05) is 97.2 Å². The van der Waals surface area contributed by atoms with Crippen LogP contribution in [0.3, 0.4) is 0 Å². The topological polar surface area (TPSA) is 104 Å². The highest BCUT2D eigenvalue weighted by Crippen LogP contribution is 2.19. The summed E-state index contributed by atoms with van der Waals surface area (Å²) in [5.41, 5.74) is 4.67. The van der Waals surface area contributed by atoms with E-state index in [1.54, 1.807) is 36.3 Å². The molecule has 0 bridgehead atoms. The maximum atomic E-state index is 13.9. The molecule has 0 spiro atoms. The van der Waals surface area contributed by atoms with Crippen molar-refractivity contribution < 1.29 is 19.4 Å². The fourth-order valence-electron chi connectivity index (χ4n) is 5.31. The van der Waals surface area contributed by atoms with Crippen molar-refractivity contribution in [1.82, 2.24) is 20.5 Å². The largest absolute Gasteiger partial charge is 0.497 e. The zero-order valence-electron chi connectivity index (χ0n) is 26.6. The average molecular weight is 649 g/mol. The predicted octanol–water partition coefficient (Wildman–Crippen LogP) is 5.79. The lowest BCUT2D eigenvalue weighted by molar-refractivity contribution is 0.0729. The minimum atomic E-state index is -0.877. The van der Waals surface area contributed by atoms with Crippen molar-refractivity contribution in [2.45, 2.75) is 45.1 Å². The second kappa shape index (κ2) is 16.6. The van der Waals surface area contributed by atoms with E-state index >= 15 is 0 Å². The molecule has 5 aromatic rings. The number of nitrogens with zero attached hydrogens (tertiary/aromatic N) is 2. The fourth-order valence-corrected chi connectivity index (χ4v) is 6.10. The van der Waals surface area contributed by atoms with Gasteiger partial charge in [-0.2, -0.15) is 0 Å². The summed E-state index contributed by atoms with van der Waals surface area (Å²) in [6.45, 7) is 3.49. The minimum absolute atomic E-state index is 0.195. The Labute approximate surface area is 280 Å². The number of amides is 2. The first-order valence-electron chi connectivity index (χ1n) is 15.6. The summed E-state index contributed by atoms with van der Waals surface area (Å²) in [4.78, 5) is 33.9. The van der Waals surface area contributed by atoms with Crippen molar-refractivity contribution in [3.63, 3.8) is 0 Å². The number of methoxy groups -OCH3 is 1. The lowest BCUT2D eigenvalue weighted by Gasteiger charge is -2.25. The van der Waals surface area contributed by atoms with Gasteiger partial charge in [0.2, 0.25) is 0 Å². The maximum absolute atomic E-state index is 13.9. The molecule has 0 unspecified atom stereocenters. The number of ether oxygens (including phenoxy) is 1. The number of aryl methyl sites for hydroxylation is 1. The molecule has 4 aromatic carbocycles. The van der Waals surface area contributed by atoms with Gasteiger partial charge in [-0.1, -0.05) is 78.9 Å². The number of benzene rings is 4. The van der Waals surface area contributed by atoms with Gasteiger partial charge >= 0.3 is 0 Å². The van der Waals surface area contributed by atoms with Crippen molar-refractivity contribution in [1.29, 1.82) is 0 Å². The van der Waals surface area contributed by atoms with Gasteiger partial charge in [0.05, 0.1) is 25.8 Å². The Hall–Kier alpha value is -4.83. The molecule has 0 fully saturated rings. The van der Waals surface area contributed by atoms with E-state index in [9.17, 15) is 14.7 Å². The Morgan fingerprint density at radius 1 is 0.851 bits per heavy atom. The maximum Gasteiger partial charge on any atom is 0.254 e. The molecule has 1 heterocycles. The van der Waals surface area contributed by atoms with E-state index in [1.165, 1.54) is 11.3 Å². The number of rotatable bonds is 15. The zero-order valence-corrected chi connectivity index (χ0v) is 27.5. The summed E-state index contributed by atoms with van der Waals surface area (Å²) in [6.07, 6.45) is -0.441. The van der Waals surface area contributed by atoms with Gasteiger partial charge in [0.1, 0.15) is 10.8 Å². The summed E-state index contributed by atoms with van der Waals surface area (Å²) in [5, 5.41) is 20.4. The zero-order chi connectivity index (χ0) is 33.0. The summed E-state index contributed by atoms with van der Waals surface area (Å²) in [5.74, 6) is 0.206. The molecule has 8 nitrogen and oxygen atoms in total. The highest BCUT2D eigenvalue weighted by molar-refractivity contribution is 7.09. The number of aliphatic hydroxyl groups excluding tert-OH is 1. The highest BCUT2D eigenvalue weighted by Gasteiger charge is 2.24. The molecule has 0 aliphatic rings. The van der Waals surface area contributed by atoms with E-state index in [-0.39, 0.29) is 18.4 Å². The molecule has 3 N–H and O–H groups in total. The Morgan fingerprint density at radius 3 is 2.23 bits per heavy atom. The molecular weight excluding hydrogens is 609 g/mol. The van der Waals surface area contributed by atoms with Crippen molar-refractivity contribution in [2.75, 3.05) is 13.7 Å². The van der Waals surface area contributed by atoms with Crippen LogP contribution in [-0.2, 0) is 26.1 Å². The number of carbonyl (C=O) groups is 2. The van der Waals surface area contributed by atoms with Gasteiger partial charge in [0.15, 0.2) is 0 Å². The Kier molecular flexibility index (Phi) is 11.9. The van der Waals surface area contributed by atoms with Crippen LogP contribution in [0.15, 0.2) is 115 Å². The second-order valence-corrected chi connectivity index (χ2v) is 12.4. The number of nitrogens with one attached hydrogen (secondary N) is 2. The van der Waals surface area contributed by atoms with E-state index in [0.717, 1.165) is 33.1 Å². The van der Waals surface area contributed by atoms with Gasteiger partial charge in [0, 0.05) is 41.8 Å². The molecule has 2 amide bonds. The van der Waals surface area contributed by atoms with Crippen molar-refractivity contribution in [2.24, 2.45) is 0 Å². The lowest BCUT2D eigenvalue weighted by atomic mass is 10.00. The van der Waals surface area contributed by atoms with Gasteiger partial charge in [-0.15, -0.1) is 11.3 Å². The van der Waals surface area contributed by atoms with Crippen molar-refractivity contribution in [3.05, 3.63) is 153 Å². The van der Waals surface area contributed by atoms with Crippen LogP contribution in [0, 0.1) is 6.92 Å². The van der Waals surface area contributed by atoms with Crippen LogP contribution < -0.4 is 15.4 Å². The Balaban J connectivity index is 1.30. The van der Waals surface area contributed by atoms with Crippen LogP contribution in [0.4, 0.5) is 0 Å². The smallest absolute Gasteiger partial charge is 0.254 e. The number of thiazole rings is 1. The van der Waals surface area contributed by atoms with Gasteiger partial charge in [-0.05, 0) is 60.4 Å². The first-order chi connectivity index (χ1) is 22.9. The second-order valence-electron chi connectivity index (χ2n) is 11.4. The van der Waals surface area contributed by atoms with Crippen LogP contribution in [0.25, 0.3) is 0 Å². The number of hydrogen-bond acceptors (Lipinski definition) is 7. The van der Waals surface area contributed by atoms with Crippen LogP contribution in [-0.4, -0.2) is 52.6 Å². The summed E-state index contributed by atoms with van der Waals surface area (Å²) >= 11 is 1.52. The third-order valence-electron chi connectivity index (χ3n) is 7.76. The average Bonchev–Trinajstić information content (AvgIpc) is 3.52. The molecule has 47 heavy (non-hydrogen) atoms. The quantitative estimate of drug-likeness (QED) is 0.133. The van der Waals surface area contributed by atoms with Crippen molar-refractivity contribution >= 4 is 23.2 Å². The van der Waals surface area contributed by atoms with Crippen LogP contribution in [0.1, 0.15) is 48.1 Å². The normalized spacial score (nSPS) is 12.2. The monoisotopic (exact) mass is 648 g/mol. The standard InChI is InChI=1S/C38H40N4O4S/c1-27-26-47-36(40-27)25-42(24-29-13-7-4-8-14-29)38(45)32-17-10-16-31(21-32)37(44)41-34(20-28-11-5-3-6-12-28)35(43)23-39-22-30-15-9-18-33(19-30)46-2/h3-19,21,26,34-35,39,43H,20,22-25H2,1-2H3,(H,41,44)/t34-,35+/m0/s1. The van der Waals surface area contributed by atoms with Gasteiger partial charge in [0.25, 0.3) is 11.8 Å². The summed E-state index contributed by atoms with van der Waals surface area (Å²) < 4.78 is 5.31.